The first-order chi connectivity index (χ1) is 9.61. The SMILES string of the molecule is CCOC(=O)CCN(C)C(=O)c1ccc2c(c1)COC2. The summed E-state index contributed by atoms with van der Waals surface area (Å²) in [6, 6.07) is 5.59. The van der Waals surface area contributed by atoms with Crippen molar-refractivity contribution < 1.29 is 19.1 Å². The van der Waals surface area contributed by atoms with Crippen LogP contribution in [0.15, 0.2) is 18.2 Å². The van der Waals surface area contributed by atoms with Gasteiger partial charge in [-0.3, -0.25) is 9.59 Å². The number of benzene rings is 1. The maximum absolute atomic E-state index is 12.2. The van der Waals surface area contributed by atoms with Gasteiger partial charge in [-0.1, -0.05) is 6.07 Å². The van der Waals surface area contributed by atoms with Gasteiger partial charge in [0.1, 0.15) is 0 Å². The van der Waals surface area contributed by atoms with Gasteiger partial charge in [-0.15, -0.1) is 0 Å². The number of nitrogens with zero attached hydrogens (tertiary/aromatic N) is 1. The molecule has 1 aliphatic rings. The van der Waals surface area contributed by atoms with Crippen LogP contribution in [0.2, 0.25) is 0 Å². The number of ether oxygens (including phenoxy) is 2. The minimum absolute atomic E-state index is 0.0935. The molecular formula is C15H19NO4. The van der Waals surface area contributed by atoms with Gasteiger partial charge < -0.3 is 14.4 Å². The van der Waals surface area contributed by atoms with Crippen molar-refractivity contribution >= 4 is 11.9 Å². The van der Waals surface area contributed by atoms with Gasteiger partial charge in [-0.05, 0) is 30.2 Å². The van der Waals surface area contributed by atoms with E-state index in [0.717, 1.165) is 11.1 Å². The summed E-state index contributed by atoms with van der Waals surface area (Å²) in [7, 11) is 1.69. The highest BCUT2D eigenvalue weighted by Gasteiger charge is 2.17. The van der Waals surface area contributed by atoms with Gasteiger partial charge in [0, 0.05) is 19.2 Å². The summed E-state index contributed by atoms with van der Waals surface area (Å²) in [5.41, 5.74) is 2.82. The fourth-order valence-corrected chi connectivity index (χ4v) is 2.12. The molecule has 1 aliphatic heterocycles. The van der Waals surface area contributed by atoms with Gasteiger partial charge >= 0.3 is 5.97 Å². The van der Waals surface area contributed by atoms with E-state index in [1.807, 2.05) is 12.1 Å². The van der Waals surface area contributed by atoms with E-state index in [1.54, 1.807) is 20.0 Å². The molecule has 0 spiro atoms. The van der Waals surface area contributed by atoms with Crippen LogP contribution in [-0.2, 0) is 27.5 Å². The summed E-state index contributed by atoms with van der Waals surface area (Å²) in [5, 5.41) is 0. The number of rotatable bonds is 5. The first-order valence-corrected chi connectivity index (χ1v) is 6.72. The quantitative estimate of drug-likeness (QED) is 0.769. The van der Waals surface area contributed by atoms with Crippen molar-refractivity contribution in [2.75, 3.05) is 20.2 Å². The van der Waals surface area contributed by atoms with Crippen LogP contribution in [0.5, 0.6) is 0 Å². The van der Waals surface area contributed by atoms with Crippen molar-refractivity contribution in [2.45, 2.75) is 26.6 Å². The smallest absolute Gasteiger partial charge is 0.307 e. The summed E-state index contributed by atoms with van der Waals surface area (Å²) >= 11 is 0. The van der Waals surface area contributed by atoms with Gasteiger partial charge in [0.05, 0.1) is 26.2 Å². The molecule has 1 aromatic carbocycles. The highest BCUT2D eigenvalue weighted by molar-refractivity contribution is 5.94. The lowest BCUT2D eigenvalue weighted by Crippen LogP contribution is -2.29. The van der Waals surface area contributed by atoms with Crippen molar-refractivity contribution in [2.24, 2.45) is 0 Å². The minimum atomic E-state index is -0.283. The highest BCUT2D eigenvalue weighted by Crippen LogP contribution is 2.21. The summed E-state index contributed by atoms with van der Waals surface area (Å²) in [6.45, 7) is 3.65. The fourth-order valence-electron chi connectivity index (χ4n) is 2.12. The van der Waals surface area contributed by atoms with Gasteiger partial charge in [0.15, 0.2) is 0 Å². The Morgan fingerprint density at radius 2 is 2.05 bits per heavy atom. The number of hydrogen-bond acceptors (Lipinski definition) is 4. The Balaban J connectivity index is 1.95. The van der Waals surface area contributed by atoms with E-state index >= 15 is 0 Å². The van der Waals surface area contributed by atoms with Crippen molar-refractivity contribution in [3.05, 3.63) is 34.9 Å². The second-order valence-corrected chi connectivity index (χ2v) is 4.76. The van der Waals surface area contributed by atoms with Crippen LogP contribution in [0.1, 0.15) is 34.8 Å². The predicted molar refractivity (Wildman–Crippen MR) is 73.1 cm³/mol. The van der Waals surface area contributed by atoms with Crippen molar-refractivity contribution in [1.29, 1.82) is 0 Å². The summed E-state index contributed by atoms with van der Waals surface area (Å²) < 4.78 is 10.2. The molecule has 0 bridgehead atoms. The number of amides is 1. The third-order valence-electron chi connectivity index (χ3n) is 3.27. The lowest BCUT2D eigenvalue weighted by molar-refractivity contribution is -0.143. The van der Waals surface area contributed by atoms with Crippen LogP contribution in [0, 0.1) is 0 Å². The number of hydrogen-bond donors (Lipinski definition) is 0. The number of esters is 1. The molecule has 0 unspecified atom stereocenters. The first kappa shape index (κ1) is 14.5. The van der Waals surface area contributed by atoms with Crippen LogP contribution in [0.4, 0.5) is 0 Å². The largest absolute Gasteiger partial charge is 0.466 e. The molecule has 0 aromatic heterocycles. The van der Waals surface area contributed by atoms with E-state index < -0.39 is 0 Å². The van der Waals surface area contributed by atoms with Crippen molar-refractivity contribution in [3.63, 3.8) is 0 Å². The normalized spacial score (nSPS) is 12.9. The third kappa shape index (κ3) is 3.36. The van der Waals surface area contributed by atoms with E-state index in [9.17, 15) is 9.59 Å². The Kier molecular flexibility index (Phi) is 4.74. The molecule has 1 amide bonds. The zero-order valence-electron chi connectivity index (χ0n) is 11.8. The molecule has 5 heteroatoms. The molecule has 2 rings (SSSR count). The van der Waals surface area contributed by atoms with Crippen molar-refractivity contribution in [3.8, 4) is 0 Å². The molecular weight excluding hydrogens is 258 g/mol. The highest BCUT2D eigenvalue weighted by atomic mass is 16.5. The maximum atomic E-state index is 12.2. The van der Waals surface area contributed by atoms with Crippen LogP contribution in [-0.4, -0.2) is 37.0 Å². The Morgan fingerprint density at radius 3 is 2.80 bits per heavy atom. The van der Waals surface area contributed by atoms with Crippen molar-refractivity contribution in [1.82, 2.24) is 4.90 Å². The number of carbonyl (C=O) groups is 2. The van der Waals surface area contributed by atoms with Gasteiger partial charge in [-0.2, -0.15) is 0 Å². The molecule has 0 fully saturated rings. The van der Waals surface area contributed by atoms with E-state index in [2.05, 4.69) is 0 Å². The molecule has 0 radical (unpaired) electrons. The van der Waals surface area contributed by atoms with Gasteiger partial charge in [0.2, 0.25) is 0 Å². The van der Waals surface area contributed by atoms with Crippen LogP contribution in [0.25, 0.3) is 0 Å². The molecule has 0 saturated heterocycles. The zero-order chi connectivity index (χ0) is 14.5. The molecule has 20 heavy (non-hydrogen) atoms. The lowest BCUT2D eigenvalue weighted by atomic mass is 10.1. The minimum Gasteiger partial charge on any atom is -0.466 e. The number of carbonyl (C=O) groups excluding carboxylic acids is 2. The summed E-state index contributed by atoms with van der Waals surface area (Å²) in [6.07, 6.45) is 0.212. The summed E-state index contributed by atoms with van der Waals surface area (Å²) in [5.74, 6) is -0.376. The van der Waals surface area contributed by atoms with Crippen LogP contribution >= 0.6 is 0 Å². The zero-order valence-corrected chi connectivity index (χ0v) is 11.8. The molecule has 0 saturated carbocycles. The molecule has 0 aliphatic carbocycles. The Hall–Kier alpha value is -1.88. The monoisotopic (exact) mass is 277 g/mol. The molecule has 0 atom stereocenters. The molecule has 1 heterocycles. The fraction of sp³-hybridized carbons (Fsp3) is 0.467. The second-order valence-electron chi connectivity index (χ2n) is 4.76. The summed E-state index contributed by atoms with van der Waals surface area (Å²) in [4.78, 5) is 25.1. The second kappa shape index (κ2) is 6.52. The average Bonchev–Trinajstić information content (AvgIpc) is 2.91. The topological polar surface area (TPSA) is 55.8 Å². The third-order valence-corrected chi connectivity index (χ3v) is 3.27. The van der Waals surface area contributed by atoms with E-state index in [4.69, 9.17) is 9.47 Å². The maximum Gasteiger partial charge on any atom is 0.307 e. The molecule has 108 valence electrons. The van der Waals surface area contributed by atoms with Crippen LogP contribution < -0.4 is 0 Å². The molecule has 5 nitrogen and oxygen atoms in total. The van der Waals surface area contributed by atoms with Crippen LogP contribution in [0.3, 0.4) is 0 Å². The molecule has 0 N–H and O–H groups in total. The Bertz CT molecular complexity index is 513. The number of fused-ring (bicyclic) bond motifs is 1. The Morgan fingerprint density at radius 1 is 1.30 bits per heavy atom. The standard InChI is InChI=1S/C15H19NO4/c1-3-20-14(17)6-7-16(2)15(18)11-4-5-12-9-19-10-13(12)8-11/h4-5,8H,3,6-7,9-10H2,1-2H3. The average molecular weight is 277 g/mol. The van der Waals surface area contributed by atoms with E-state index in [1.165, 1.54) is 4.90 Å². The first-order valence-electron chi connectivity index (χ1n) is 6.72. The Labute approximate surface area is 118 Å². The lowest BCUT2D eigenvalue weighted by Gasteiger charge is -2.17. The van der Waals surface area contributed by atoms with E-state index in [0.29, 0.717) is 31.9 Å². The van der Waals surface area contributed by atoms with Gasteiger partial charge in [-0.25, -0.2) is 0 Å². The predicted octanol–water partition coefficient (Wildman–Crippen LogP) is 1.74. The van der Waals surface area contributed by atoms with E-state index in [-0.39, 0.29) is 18.3 Å². The van der Waals surface area contributed by atoms with Gasteiger partial charge in [0.25, 0.3) is 5.91 Å². The molecule has 1 aromatic rings.